The van der Waals surface area contributed by atoms with Crippen molar-refractivity contribution in [3.05, 3.63) is 64.1 Å². The van der Waals surface area contributed by atoms with Gasteiger partial charge < -0.3 is 5.32 Å². The number of amides is 1. The number of hydrogen-bond acceptors (Lipinski definition) is 2. The Kier molecular flexibility index (Phi) is 4.95. The number of hydrogen-bond donors (Lipinski definition) is 2. The van der Waals surface area contributed by atoms with Gasteiger partial charge in [0.2, 0.25) is 0 Å². The van der Waals surface area contributed by atoms with E-state index in [0.717, 1.165) is 0 Å². The van der Waals surface area contributed by atoms with Gasteiger partial charge in [-0.2, -0.15) is 0 Å². The standard InChI is InChI=1S/C14H10Cl2N2OS/c15-10-6-4-9(5-7-10)13(19)18-14(20)17-12-3-1-2-11(16)8-12/h1-8H,(H2,17,18,19,20). The van der Waals surface area contributed by atoms with Crippen LogP contribution in [0.5, 0.6) is 0 Å². The molecule has 3 nitrogen and oxygen atoms in total. The van der Waals surface area contributed by atoms with Crippen LogP contribution in [0.2, 0.25) is 10.0 Å². The Hall–Kier alpha value is -1.62. The number of anilines is 1. The molecule has 20 heavy (non-hydrogen) atoms. The van der Waals surface area contributed by atoms with Crippen LogP contribution < -0.4 is 10.6 Å². The van der Waals surface area contributed by atoms with E-state index in [1.165, 1.54) is 0 Å². The molecule has 1 amide bonds. The van der Waals surface area contributed by atoms with Crippen LogP contribution in [0.3, 0.4) is 0 Å². The van der Waals surface area contributed by atoms with Crippen molar-refractivity contribution in [1.29, 1.82) is 0 Å². The Morgan fingerprint density at radius 1 is 1.00 bits per heavy atom. The molecule has 0 heterocycles. The first-order valence-corrected chi connectivity index (χ1v) is 6.84. The normalized spacial score (nSPS) is 9.90. The summed E-state index contributed by atoms with van der Waals surface area (Å²) in [6.07, 6.45) is 0. The fraction of sp³-hybridized carbons (Fsp3) is 0. The highest BCUT2D eigenvalue weighted by molar-refractivity contribution is 7.80. The van der Waals surface area contributed by atoms with Crippen LogP contribution >= 0.6 is 35.4 Å². The molecular weight excluding hydrogens is 315 g/mol. The molecule has 0 saturated carbocycles. The van der Waals surface area contributed by atoms with Crippen molar-refractivity contribution in [2.45, 2.75) is 0 Å². The van der Waals surface area contributed by atoms with E-state index >= 15 is 0 Å². The number of carbonyl (C=O) groups is 1. The number of carbonyl (C=O) groups excluding carboxylic acids is 1. The SMILES string of the molecule is O=C(NC(=S)Nc1cccc(Cl)c1)c1ccc(Cl)cc1. The zero-order valence-electron chi connectivity index (χ0n) is 10.2. The van der Waals surface area contributed by atoms with Crippen molar-refractivity contribution in [2.24, 2.45) is 0 Å². The Morgan fingerprint density at radius 2 is 1.70 bits per heavy atom. The van der Waals surface area contributed by atoms with Gasteiger partial charge in [-0.25, -0.2) is 0 Å². The molecule has 2 aromatic rings. The largest absolute Gasteiger partial charge is 0.332 e. The van der Waals surface area contributed by atoms with E-state index < -0.39 is 0 Å². The van der Waals surface area contributed by atoms with Crippen LogP contribution in [0.25, 0.3) is 0 Å². The van der Waals surface area contributed by atoms with Crippen LogP contribution in [-0.2, 0) is 0 Å². The minimum Gasteiger partial charge on any atom is -0.332 e. The van der Waals surface area contributed by atoms with Crippen molar-refractivity contribution < 1.29 is 4.79 Å². The van der Waals surface area contributed by atoms with E-state index in [0.29, 0.717) is 21.3 Å². The van der Waals surface area contributed by atoms with Gasteiger partial charge in [0, 0.05) is 21.3 Å². The quantitative estimate of drug-likeness (QED) is 0.816. The van der Waals surface area contributed by atoms with Gasteiger partial charge >= 0.3 is 0 Å². The van der Waals surface area contributed by atoms with E-state index in [2.05, 4.69) is 10.6 Å². The number of thiocarbonyl (C=S) groups is 1. The van der Waals surface area contributed by atoms with E-state index in [1.807, 2.05) is 0 Å². The Balaban J connectivity index is 1.97. The summed E-state index contributed by atoms with van der Waals surface area (Å²) in [7, 11) is 0. The minimum atomic E-state index is -0.304. The lowest BCUT2D eigenvalue weighted by atomic mass is 10.2. The van der Waals surface area contributed by atoms with Crippen LogP contribution in [-0.4, -0.2) is 11.0 Å². The summed E-state index contributed by atoms with van der Waals surface area (Å²) in [5, 5.41) is 6.82. The van der Waals surface area contributed by atoms with Gasteiger partial charge in [-0.1, -0.05) is 29.3 Å². The third kappa shape index (κ3) is 4.20. The summed E-state index contributed by atoms with van der Waals surface area (Å²) in [5.74, 6) is -0.304. The molecule has 0 radical (unpaired) electrons. The van der Waals surface area contributed by atoms with E-state index in [9.17, 15) is 4.79 Å². The second-order valence-corrected chi connectivity index (χ2v) is 5.21. The van der Waals surface area contributed by atoms with Gasteiger partial charge in [-0.15, -0.1) is 0 Å². The summed E-state index contributed by atoms with van der Waals surface area (Å²) in [6.45, 7) is 0. The molecule has 0 aromatic heterocycles. The fourth-order valence-corrected chi connectivity index (χ4v) is 2.03. The van der Waals surface area contributed by atoms with Crippen LogP contribution in [0, 0.1) is 0 Å². The Labute approximate surface area is 131 Å². The lowest BCUT2D eigenvalue weighted by molar-refractivity contribution is 0.0978. The molecule has 0 aliphatic heterocycles. The van der Waals surface area contributed by atoms with Crippen LogP contribution in [0.4, 0.5) is 5.69 Å². The second-order valence-electron chi connectivity index (χ2n) is 3.93. The molecular formula is C14H10Cl2N2OS. The van der Waals surface area contributed by atoms with Crippen molar-refractivity contribution in [3.8, 4) is 0 Å². The fourth-order valence-electron chi connectivity index (χ4n) is 1.51. The first-order chi connectivity index (χ1) is 9.54. The van der Waals surface area contributed by atoms with Crippen LogP contribution in [0.1, 0.15) is 10.4 Å². The van der Waals surface area contributed by atoms with Crippen LogP contribution in [0.15, 0.2) is 48.5 Å². The van der Waals surface area contributed by atoms with Gasteiger partial charge in [0.15, 0.2) is 5.11 Å². The maximum atomic E-state index is 11.9. The maximum Gasteiger partial charge on any atom is 0.257 e. The Morgan fingerprint density at radius 3 is 2.35 bits per heavy atom. The molecule has 0 aliphatic carbocycles. The summed E-state index contributed by atoms with van der Waals surface area (Å²) in [5.41, 5.74) is 1.18. The zero-order chi connectivity index (χ0) is 14.5. The van der Waals surface area contributed by atoms with Crippen molar-refractivity contribution in [3.63, 3.8) is 0 Å². The van der Waals surface area contributed by atoms with E-state index in [4.69, 9.17) is 35.4 Å². The molecule has 2 N–H and O–H groups in total. The van der Waals surface area contributed by atoms with Crippen molar-refractivity contribution in [1.82, 2.24) is 5.32 Å². The highest BCUT2D eigenvalue weighted by Crippen LogP contribution is 2.14. The summed E-state index contributed by atoms with van der Waals surface area (Å²) in [4.78, 5) is 11.9. The van der Waals surface area contributed by atoms with Gasteiger partial charge in [-0.05, 0) is 54.7 Å². The molecule has 0 fully saturated rings. The van der Waals surface area contributed by atoms with E-state index in [-0.39, 0.29) is 11.0 Å². The first kappa shape index (κ1) is 14.8. The number of nitrogens with one attached hydrogen (secondary N) is 2. The monoisotopic (exact) mass is 324 g/mol. The predicted molar refractivity (Wildman–Crippen MR) is 86.6 cm³/mol. The number of rotatable bonds is 2. The second kappa shape index (κ2) is 6.70. The smallest absolute Gasteiger partial charge is 0.257 e. The zero-order valence-corrected chi connectivity index (χ0v) is 12.5. The summed E-state index contributed by atoms with van der Waals surface area (Å²) < 4.78 is 0. The van der Waals surface area contributed by atoms with Gasteiger partial charge in [-0.3, -0.25) is 10.1 Å². The third-order valence-corrected chi connectivity index (χ3v) is 3.11. The molecule has 102 valence electrons. The Bertz CT molecular complexity index is 644. The lowest BCUT2D eigenvalue weighted by Crippen LogP contribution is -2.34. The molecule has 0 aliphatic rings. The number of benzene rings is 2. The lowest BCUT2D eigenvalue weighted by Gasteiger charge is -2.09. The van der Waals surface area contributed by atoms with E-state index in [1.54, 1.807) is 48.5 Å². The predicted octanol–water partition coefficient (Wildman–Crippen LogP) is 4.12. The topological polar surface area (TPSA) is 41.1 Å². The minimum absolute atomic E-state index is 0.201. The molecule has 2 aromatic carbocycles. The number of halogens is 2. The molecule has 0 bridgehead atoms. The highest BCUT2D eigenvalue weighted by Gasteiger charge is 2.07. The highest BCUT2D eigenvalue weighted by atomic mass is 35.5. The molecule has 2 rings (SSSR count). The van der Waals surface area contributed by atoms with Gasteiger partial charge in [0.05, 0.1) is 0 Å². The average molecular weight is 325 g/mol. The van der Waals surface area contributed by atoms with Gasteiger partial charge in [0.1, 0.15) is 0 Å². The molecule has 0 atom stereocenters. The average Bonchev–Trinajstić information content (AvgIpc) is 2.39. The summed E-state index contributed by atoms with van der Waals surface area (Å²) >= 11 is 16.7. The first-order valence-electron chi connectivity index (χ1n) is 5.68. The molecule has 0 unspecified atom stereocenters. The molecule has 0 saturated heterocycles. The summed E-state index contributed by atoms with van der Waals surface area (Å²) in [6, 6.07) is 13.6. The molecule has 6 heteroatoms. The van der Waals surface area contributed by atoms with Gasteiger partial charge in [0.25, 0.3) is 5.91 Å². The van der Waals surface area contributed by atoms with Crippen molar-refractivity contribution in [2.75, 3.05) is 5.32 Å². The maximum absolute atomic E-state index is 11.9. The van der Waals surface area contributed by atoms with Crippen molar-refractivity contribution >= 4 is 52.1 Å². The molecule has 0 spiro atoms. The third-order valence-electron chi connectivity index (χ3n) is 2.42.